The van der Waals surface area contributed by atoms with Gasteiger partial charge in [-0.25, -0.2) is 0 Å². The molecule has 0 aromatic carbocycles. The van der Waals surface area contributed by atoms with Crippen LogP contribution in [0.2, 0.25) is 0 Å². The highest BCUT2D eigenvalue weighted by atomic mass is 16.3. The molecule has 0 spiro atoms. The molecular formula is C14H14N6O. The molecule has 1 aliphatic heterocycles. The molecule has 0 bridgehead atoms. The fourth-order valence-corrected chi connectivity index (χ4v) is 2.89. The maximum absolute atomic E-state index is 10.8. The van der Waals surface area contributed by atoms with E-state index in [1.54, 1.807) is 18.6 Å². The number of hydrogen-bond donors (Lipinski definition) is 2. The molecule has 3 aromatic rings. The van der Waals surface area contributed by atoms with Crippen LogP contribution in [0, 0.1) is 0 Å². The Labute approximate surface area is 120 Å². The molecule has 1 atom stereocenters. The Morgan fingerprint density at radius 3 is 3.05 bits per heavy atom. The zero-order valence-corrected chi connectivity index (χ0v) is 11.3. The fraction of sp³-hybridized carbons (Fsp3) is 0.286. The van der Waals surface area contributed by atoms with Crippen molar-refractivity contribution < 1.29 is 5.11 Å². The molecular weight excluding hydrogens is 268 g/mol. The van der Waals surface area contributed by atoms with Crippen LogP contribution in [0.5, 0.6) is 0 Å². The lowest BCUT2D eigenvalue weighted by Gasteiger charge is -2.23. The Hall–Kier alpha value is -2.54. The van der Waals surface area contributed by atoms with Crippen LogP contribution in [0.15, 0.2) is 36.9 Å². The van der Waals surface area contributed by atoms with Crippen molar-refractivity contribution in [2.24, 2.45) is 0 Å². The van der Waals surface area contributed by atoms with Gasteiger partial charge in [-0.15, -0.1) is 0 Å². The fourth-order valence-electron chi connectivity index (χ4n) is 2.89. The van der Waals surface area contributed by atoms with E-state index in [2.05, 4.69) is 30.3 Å². The van der Waals surface area contributed by atoms with E-state index in [0.29, 0.717) is 18.7 Å². The van der Waals surface area contributed by atoms with Crippen molar-refractivity contribution in [3.8, 4) is 0 Å². The molecule has 7 nitrogen and oxygen atoms in total. The van der Waals surface area contributed by atoms with Gasteiger partial charge >= 0.3 is 0 Å². The standard InChI is InChI=1S/C14H14N6O/c21-14(13-8-17-19-18-13)3-6-20(9-14)12-2-5-16-11-1-4-15-7-10(11)12/h1-2,4-5,7-8,21H,3,6,9H2,(H,17,18,19). The second-order valence-electron chi connectivity index (χ2n) is 5.28. The highest BCUT2D eigenvalue weighted by Crippen LogP contribution is 2.35. The number of fused-ring (bicyclic) bond motifs is 1. The van der Waals surface area contributed by atoms with Crippen LogP contribution < -0.4 is 4.90 Å². The summed E-state index contributed by atoms with van der Waals surface area (Å²) in [7, 11) is 0. The smallest absolute Gasteiger partial charge is 0.129 e. The van der Waals surface area contributed by atoms with Gasteiger partial charge in [-0.2, -0.15) is 15.4 Å². The number of β-amino-alcohol motifs (C(OH)–C–C–N with tert-alkyl or cyclic N) is 1. The minimum atomic E-state index is -0.967. The monoisotopic (exact) mass is 282 g/mol. The van der Waals surface area contributed by atoms with Gasteiger partial charge in [0, 0.05) is 42.6 Å². The molecule has 4 rings (SSSR count). The lowest BCUT2D eigenvalue weighted by Crippen LogP contribution is -2.31. The highest BCUT2D eigenvalue weighted by molar-refractivity contribution is 5.90. The van der Waals surface area contributed by atoms with E-state index in [0.717, 1.165) is 23.1 Å². The number of nitrogens with one attached hydrogen (secondary N) is 1. The second-order valence-corrected chi connectivity index (χ2v) is 5.28. The zero-order chi connectivity index (χ0) is 14.3. The topological polar surface area (TPSA) is 90.8 Å². The number of anilines is 1. The molecule has 1 saturated heterocycles. The van der Waals surface area contributed by atoms with Crippen LogP contribution in [0.3, 0.4) is 0 Å². The molecule has 0 radical (unpaired) electrons. The largest absolute Gasteiger partial charge is 0.381 e. The molecule has 3 aromatic heterocycles. The summed E-state index contributed by atoms with van der Waals surface area (Å²) in [6.07, 6.45) is 7.52. The summed E-state index contributed by atoms with van der Waals surface area (Å²) < 4.78 is 0. The number of nitrogens with zero attached hydrogens (tertiary/aromatic N) is 5. The Bertz CT molecular complexity index is 769. The number of hydrogen-bond acceptors (Lipinski definition) is 6. The molecule has 0 aliphatic carbocycles. The molecule has 1 unspecified atom stereocenters. The van der Waals surface area contributed by atoms with Crippen LogP contribution in [0.25, 0.3) is 10.9 Å². The minimum absolute atomic E-state index is 0.480. The normalized spacial score (nSPS) is 22.0. The van der Waals surface area contributed by atoms with Gasteiger partial charge < -0.3 is 10.0 Å². The molecule has 1 fully saturated rings. The van der Waals surface area contributed by atoms with Crippen molar-refractivity contribution >= 4 is 16.6 Å². The first-order valence-corrected chi connectivity index (χ1v) is 6.79. The molecule has 1 aliphatic rings. The zero-order valence-electron chi connectivity index (χ0n) is 11.3. The molecule has 4 heterocycles. The summed E-state index contributed by atoms with van der Waals surface area (Å²) >= 11 is 0. The first kappa shape index (κ1) is 12.2. The van der Waals surface area contributed by atoms with Crippen molar-refractivity contribution in [3.63, 3.8) is 0 Å². The second kappa shape index (κ2) is 4.49. The van der Waals surface area contributed by atoms with Gasteiger partial charge in [-0.3, -0.25) is 9.97 Å². The molecule has 2 N–H and O–H groups in total. The van der Waals surface area contributed by atoms with Gasteiger partial charge in [-0.1, -0.05) is 0 Å². The minimum Gasteiger partial charge on any atom is -0.381 e. The first-order chi connectivity index (χ1) is 10.3. The third-order valence-electron chi connectivity index (χ3n) is 4.00. The summed E-state index contributed by atoms with van der Waals surface area (Å²) in [5, 5.41) is 22.1. The van der Waals surface area contributed by atoms with E-state index >= 15 is 0 Å². The van der Waals surface area contributed by atoms with Crippen molar-refractivity contribution in [2.45, 2.75) is 12.0 Å². The van der Waals surface area contributed by atoms with Crippen LogP contribution >= 0.6 is 0 Å². The number of aromatic nitrogens is 5. The summed E-state index contributed by atoms with van der Waals surface area (Å²) in [4.78, 5) is 10.7. The van der Waals surface area contributed by atoms with Crippen LogP contribution in [-0.4, -0.2) is 43.6 Å². The third kappa shape index (κ3) is 1.93. The van der Waals surface area contributed by atoms with Crippen LogP contribution in [0.4, 0.5) is 5.69 Å². The van der Waals surface area contributed by atoms with E-state index in [1.165, 1.54) is 0 Å². The third-order valence-corrected chi connectivity index (χ3v) is 4.00. The summed E-state index contributed by atoms with van der Waals surface area (Å²) in [5.74, 6) is 0. The van der Waals surface area contributed by atoms with Gasteiger partial charge in [0.05, 0.1) is 18.3 Å². The lowest BCUT2D eigenvalue weighted by molar-refractivity contribution is 0.0560. The van der Waals surface area contributed by atoms with E-state index < -0.39 is 5.60 Å². The summed E-state index contributed by atoms with van der Waals surface area (Å²) in [5.41, 5.74) is 1.55. The SMILES string of the molecule is OC1(c2cn[nH]n2)CCN(c2ccnc3ccncc23)C1. The predicted octanol–water partition coefficient (Wildman–Crippen LogP) is 0.846. The van der Waals surface area contributed by atoms with E-state index in [4.69, 9.17) is 0 Å². The van der Waals surface area contributed by atoms with Gasteiger partial charge in [0.15, 0.2) is 0 Å². The van der Waals surface area contributed by atoms with E-state index in [-0.39, 0.29) is 0 Å². The van der Waals surface area contributed by atoms with Crippen molar-refractivity contribution in [2.75, 3.05) is 18.0 Å². The molecule has 0 amide bonds. The van der Waals surface area contributed by atoms with Crippen LogP contribution in [0.1, 0.15) is 12.1 Å². The lowest BCUT2D eigenvalue weighted by atomic mass is 10.00. The van der Waals surface area contributed by atoms with Gasteiger partial charge in [0.2, 0.25) is 0 Å². The average Bonchev–Trinajstić information content (AvgIpc) is 3.17. The van der Waals surface area contributed by atoms with Gasteiger partial charge in [-0.05, 0) is 12.1 Å². The number of aromatic amines is 1. The van der Waals surface area contributed by atoms with Crippen LogP contribution in [-0.2, 0) is 5.60 Å². The van der Waals surface area contributed by atoms with Crippen molar-refractivity contribution in [3.05, 3.63) is 42.6 Å². The number of rotatable bonds is 2. The maximum atomic E-state index is 10.8. The molecule has 21 heavy (non-hydrogen) atoms. The Morgan fingerprint density at radius 1 is 1.24 bits per heavy atom. The summed E-state index contributed by atoms with van der Waals surface area (Å²) in [6.45, 7) is 1.23. The predicted molar refractivity (Wildman–Crippen MR) is 76.6 cm³/mol. The van der Waals surface area contributed by atoms with Gasteiger partial charge in [0.25, 0.3) is 0 Å². The van der Waals surface area contributed by atoms with E-state index in [1.807, 2.05) is 18.3 Å². The van der Waals surface area contributed by atoms with Crippen molar-refractivity contribution in [1.29, 1.82) is 0 Å². The first-order valence-electron chi connectivity index (χ1n) is 6.79. The summed E-state index contributed by atoms with van der Waals surface area (Å²) in [6, 6.07) is 3.84. The molecule has 106 valence electrons. The Balaban J connectivity index is 1.72. The Kier molecular flexibility index (Phi) is 2.61. The number of pyridine rings is 2. The van der Waals surface area contributed by atoms with Gasteiger partial charge in [0.1, 0.15) is 11.3 Å². The maximum Gasteiger partial charge on any atom is 0.129 e. The average molecular weight is 282 g/mol. The Morgan fingerprint density at radius 2 is 2.19 bits per heavy atom. The molecule has 7 heteroatoms. The quantitative estimate of drug-likeness (QED) is 0.724. The number of H-pyrrole nitrogens is 1. The van der Waals surface area contributed by atoms with Crippen molar-refractivity contribution in [1.82, 2.24) is 25.4 Å². The number of aliphatic hydroxyl groups is 1. The highest BCUT2D eigenvalue weighted by Gasteiger charge is 2.40. The van der Waals surface area contributed by atoms with E-state index in [9.17, 15) is 5.11 Å². The molecule has 0 saturated carbocycles.